The predicted octanol–water partition coefficient (Wildman–Crippen LogP) is 7.54. The molecule has 0 heteroatoms. The summed E-state index contributed by atoms with van der Waals surface area (Å²) >= 11 is 0. The minimum absolute atomic E-state index is 0.943. The molecule has 0 saturated heterocycles. The van der Waals surface area contributed by atoms with Gasteiger partial charge in [-0.05, 0) is 60.6 Å². The van der Waals surface area contributed by atoms with Crippen LogP contribution in [0.4, 0.5) is 0 Å². The Morgan fingerprint density at radius 3 is 1.54 bits per heavy atom. The lowest BCUT2D eigenvalue weighted by molar-refractivity contribution is 1.19. The zero-order valence-electron chi connectivity index (χ0n) is 16.9. The molecular formula is C28H26. The first kappa shape index (κ1) is 18.3. The Kier molecular flexibility index (Phi) is 5.12. The molecule has 0 spiro atoms. The van der Waals surface area contributed by atoms with Gasteiger partial charge in [-0.15, -0.1) is 0 Å². The van der Waals surface area contributed by atoms with Crippen molar-refractivity contribution in [2.75, 3.05) is 0 Å². The fourth-order valence-corrected chi connectivity index (χ4v) is 3.84. The molecule has 4 aromatic rings. The van der Waals surface area contributed by atoms with E-state index in [2.05, 4.69) is 112 Å². The van der Waals surface area contributed by atoms with Crippen molar-refractivity contribution in [1.82, 2.24) is 0 Å². The van der Waals surface area contributed by atoms with Crippen molar-refractivity contribution in [3.63, 3.8) is 0 Å². The molecule has 28 heavy (non-hydrogen) atoms. The van der Waals surface area contributed by atoms with E-state index in [1.165, 1.54) is 50.1 Å². The molecule has 4 aromatic carbocycles. The van der Waals surface area contributed by atoms with Crippen LogP contribution >= 0.6 is 0 Å². The van der Waals surface area contributed by atoms with Gasteiger partial charge in [-0.25, -0.2) is 0 Å². The van der Waals surface area contributed by atoms with Gasteiger partial charge in [0.2, 0.25) is 0 Å². The number of hydrogen-bond acceptors (Lipinski definition) is 0. The fourth-order valence-electron chi connectivity index (χ4n) is 3.84. The van der Waals surface area contributed by atoms with Gasteiger partial charge in [-0.1, -0.05) is 108 Å². The van der Waals surface area contributed by atoms with Crippen LogP contribution in [0, 0.1) is 20.8 Å². The number of benzene rings is 4. The zero-order chi connectivity index (χ0) is 19.5. The highest BCUT2D eigenvalue weighted by atomic mass is 14.1. The molecule has 4 rings (SSSR count). The van der Waals surface area contributed by atoms with Gasteiger partial charge in [0.1, 0.15) is 0 Å². The minimum atomic E-state index is 0.943. The van der Waals surface area contributed by atoms with E-state index in [4.69, 9.17) is 0 Å². The van der Waals surface area contributed by atoms with Crippen molar-refractivity contribution < 1.29 is 0 Å². The van der Waals surface area contributed by atoms with Crippen molar-refractivity contribution in [3.8, 4) is 22.3 Å². The summed E-state index contributed by atoms with van der Waals surface area (Å²) < 4.78 is 0. The summed E-state index contributed by atoms with van der Waals surface area (Å²) in [6.07, 6.45) is 0.943. The maximum atomic E-state index is 2.33. The van der Waals surface area contributed by atoms with Gasteiger partial charge >= 0.3 is 0 Å². The van der Waals surface area contributed by atoms with Crippen LogP contribution < -0.4 is 0 Å². The van der Waals surface area contributed by atoms with Gasteiger partial charge < -0.3 is 0 Å². The smallest absolute Gasteiger partial charge is 0.00253 e. The van der Waals surface area contributed by atoms with Crippen LogP contribution in [0.1, 0.15) is 27.8 Å². The predicted molar refractivity (Wildman–Crippen MR) is 121 cm³/mol. The Bertz CT molecular complexity index is 1080. The van der Waals surface area contributed by atoms with E-state index >= 15 is 0 Å². The molecule has 0 atom stereocenters. The SMILES string of the molecule is Cc1ccc(-c2cccc(Cc3cccc(-c4cc(C)cc(C)c4)c3)c2)cc1. The second kappa shape index (κ2) is 7.86. The minimum Gasteiger partial charge on any atom is -0.0614 e. The maximum Gasteiger partial charge on any atom is -0.00253 e. The molecule has 0 unspecified atom stereocenters. The lowest BCUT2D eigenvalue weighted by Crippen LogP contribution is -1.91. The van der Waals surface area contributed by atoms with Crippen molar-refractivity contribution in [2.45, 2.75) is 27.2 Å². The van der Waals surface area contributed by atoms with Crippen LogP contribution in [0.5, 0.6) is 0 Å². The average molecular weight is 363 g/mol. The van der Waals surface area contributed by atoms with E-state index in [9.17, 15) is 0 Å². The molecule has 0 aliphatic carbocycles. The molecule has 0 bridgehead atoms. The van der Waals surface area contributed by atoms with Crippen LogP contribution in [-0.2, 0) is 6.42 Å². The molecule has 0 aromatic heterocycles. The maximum absolute atomic E-state index is 2.33. The molecular weight excluding hydrogens is 336 g/mol. The van der Waals surface area contributed by atoms with Crippen LogP contribution in [0.2, 0.25) is 0 Å². The third-order valence-electron chi connectivity index (χ3n) is 5.20. The second-order valence-corrected chi connectivity index (χ2v) is 7.82. The average Bonchev–Trinajstić information content (AvgIpc) is 2.68. The van der Waals surface area contributed by atoms with Gasteiger partial charge in [-0.2, -0.15) is 0 Å². The number of hydrogen-bond donors (Lipinski definition) is 0. The molecule has 0 nitrogen and oxygen atoms in total. The lowest BCUT2D eigenvalue weighted by Gasteiger charge is -2.09. The van der Waals surface area contributed by atoms with Crippen molar-refractivity contribution in [2.24, 2.45) is 0 Å². The summed E-state index contributed by atoms with van der Waals surface area (Å²) in [7, 11) is 0. The molecule has 0 fully saturated rings. The van der Waals surface area contributed by atoms with Crippen molar-refractivity contribution in [3.05, 3.63) is 119 Å². The van der Waals surface area contributed by atoms with E-state index < -0.39 is 0 Å². The first-order valence-corrected chi connectivity index (χ1v) is 9.90. The van der Waals surface area contributed by atoms with E-state index in [1.54, 1.807) is 0 Å². The summed E-state index contributed by atoms with van der Waals surface area (Å²) in [5, 5.41) is 0. The topological polar surface area (TPSA) is 0 Å². The van der Waals surface area contributed by atoms with Gasteiger partial charge in [0, 0.05) is 0 Å². The summed E-state index contributed by atoms with van der Waals surface area (Å²) in [6.45, 7) is 6.46. The summed E-state index contributed by atoms with van der Waals surface area (Å²) in [4.78, 5) is 0. The monoisotopic (exact) mass is 362 g/mol. The first-order chi connectivity index (χ1) is 13.6. The highest BCUT2D eigenvalue weighted by Gasteiger charge is 2.04. The third kappa shape index (κ3) is 4.23. The summed E-state index contributed by atoms with van der Waals surface area (Å²) in [6, 6.07) is 33.4. The molecule has 138 valence electrons. The first-order valence-electron chi connectivity index (χ1n) is 9.90. The third-order valence-corrected chi connectivity index (χ3v) is 5.20. The standard InChI is InChI=1S/C28H26/c1-20-10-12-25(13-11-20)26-8-4-6-23(18-26)17-24-7-5-9-27(19-24)28-15-21(2)14-22(3)16-28/h4-16,18-19H,17H2,1-3H3. The Balaban J connectivity index is 1.61. The molecule has 0 aliphatic rings. The van der Waals surface area contributed by atoms with Crippen LogP contribution in [-0.4, -0.2) is 0 Å². The van der Waals surface area contributed by atoms with Gasteiger partial charge in [-0.3, -0.25) is 0 Å². The van der Waals surface area contributed by atoms with Gasteiger partial charge in [0.25, 0.3) is 0 Å². The van der Waals surface area contributed by atoms with Crippen LogP contribution in [0.15, 0.2) is 91.0 Å². The quantitative estimate of drug-likeness (QED) is 0.352. The number of aryl methyl sites for hydroxylation is 3. The zero-order valence-corrected chi connectivity index (χ0v) is 16.9. The van der Waals surface area contributed by atoms with Crippen molar-refractivity contribution >= 4 is 0 Å². The Hall–Kier alpha value is -3.12. The van der Waals surface area contributed by atoms with E-state index in [-0.39, 0.29) is 0 Å². The lowest BCUT2D eigenvalue weighted by atomic mass is 9.95. The molecule has 0 radical (unpaired) electrons. The normalized spacial score (nSPS) is 10.8. The Morgan fingerprint density at radius 1 is 0.429 bits per heavy atom. The highest BCUT2D eigenvalue weighted by Crippen LogP contribution is 2.26. The second-order valence-electron chi connectivity index (χ2n) is 7.82. The van der Waals surface area contributed by atoms with Gasteiger partial charge in [0.05, 0.1) is 0 Å². The largest absolute Gasteiger partial charge is 0.0614 e. The van der Waals surface area contributed by atoms with Gasteiger partial charge in [0.15, 0.2) is 0 Å². The Morgan fingerprint density at radius 2 is 0.964 bits per heavy atom. The summed E-state index contributed by atoms with van der Waals surface area (Å²) in [5.41, 5.74) is 11.8. The summed E-state index contributed by atoms with van der Waals surface area (Å²) in [5.74, 6) is 0. The molecule has 0 saturated carbocycles. The van der Waals surface area contributed by atoms with Crippen LogP contribution in [0.3, 0.4) is 0 Å². The van der Waals surface area contributed by atoms with Crippen LogP contribution in [0.25, 0.3) is 22.3 Å². The van der Waals surface area contributed by atoms with E-state index in [0.717, 1.165) is 6.42 Å². The highest BCUT2D eigenvalue weighted by molar-refractivity contribution is 5.67. The fraction of sp³-hybridized carbons (Fsp3) is 0.143. The van der Waals surface area contributed by atoms with E-state index in [1.807, 2.05) is 0 Å². The molecule has 0 amide bonds. The molecule has 0 heterocycles. The molecule has 0 N–H and O–H groups in total. The van der Waals surface area contributed by atoms with E-state index in [0.29, 0.717) is 0 Å². The number of rotatable bonds is 4. The molecule has 0 aliphatic heterocycles. The van der Waals surface area contributed by atoms with Crippen molar-refractivity contribution in [1.29, 1.82) is 0 Å². The Labute approximate surface area is 168 Å².